The molecule has 0 saturated heterocycles. The van der Waals surface area contributed by atoms with Gasteiger partial charge in [0.1, 0.15) is 11.9 Å². The summed E-state index contributed by atoms with van der Waals surface area (Å²) in [7, 11) is 1.97. The summed E-state index contributed by atoms with van der Waals surface area (Å²) in [6.07, 6.45) is 5.55. The number of aromatic nitrogens is 4. The molecule has 1 aliphatic heterocycles. The zero-order chi connectivity index (χ0) is 23.4. The van der Waals surface area contributed by atoms with Gasteiger partial charge in [-0.2, -0.15) is 9.36 Å². The number of hydrogen-bond donors (Lipinski definition) is 0. The number of anilines is 1. The number of amides is 1. The minimum Gasteiger partial charge on any atom is -0.454 e. The smallest absolute Gasteiger partial charge is 0.410 e. The Balaban J connectivity index is 1.38. The number of ether oxygens (including phenoxy) is 3. The van der Waals surface area contributed by atoms with Crippen molar-refractivity contribution >= 4 is 22.8 Å². The molecule has 33 heavy (non-hydrogen) atoms. The van der Waals surface area contributed by atoms with Crippen molar-refractivity contribution in [3.05, 3.63) is 42.5 Å². The van der Waals surface area contributed by atoms with Crippen molar-refractivity contribution < 1.29 is 19.0 Å². The first kappa shape index (κ1) is 22.8. The van der Waals surface area contributed by atoms with Gasteiger partial charge in [-0.1, -0.05) is 6.07 Å². The molecule has 176 valence electrons. The van der Waals surface area contributed by atoms with Crippen LogP contribution in [0.5, 0.6) is 11.5 Å². The van der Waals surface area contributed by atoms with E-state index in [2.05, 4.69) is 14.3 Å². The number of fused-ring (bicyclic) bond motifs is 1. The molecule has 1 amide bonds. The van der Waals surface area contributed by atoms with Gasteiger partial charge < -0.3 is 24.0 Å². The lowest BCUT2D eigenvalue weighted by molar-refractivity contribution is 0.0232. The van der Waals surface area contributed by atoms with E-state index in [0.717, 1.165) is 22.9 Å². The van der Waals surface area contributed by atoms with Gasteiger partial charge in [0, 0.05) is 50.6 Å². The van der Waals surface area contributed by atoms with Gasteiger partial charge in [0.15, 0.2) is 11.5 Å². The van der Waals surface area contributed by atoms with Crippen molar-refractivity contribution in [3.63, 3.8) is 0 Å². The lowest BCUT2D eigenvalue weighted by Crippen LogP contribution is -2.38. The van der Waals surface area contributed by atoms with E-state index in [9.17, 15) is 4.79 Å². The molecule has 1 aromatic carbocycles. The molecule has 3 aromatic rings. The first-order chi connectivity index (χ1) is 15.8. The van der Waals surface area contributed by atoms with E-state index >= 15 is 0 Å². The van der Waals surface area contributed by atoms with E-state index in [1.165, 1.54) is 11.5 Å². The highest BCUT2D eigenvalue weighted by Crippen LogP contribution is 2.33. The van der Waals surface area contributed by atoms with E-state index < -0.39 is 5.60 Å². The Kier molecular flexibility index (Phi) is 6.68. The van der Waals surface area contributed by atoms with Crippen molar-refractivity contribution in [2.45, 2.75) is 39.3 Å². The summed E-state index contributed by atoms with van der Waals surface area (Å²) >= 11 is 1.33. The van der Waals surface area contributed by atoms with Crippen LogP contribution in [-0.4, -0.2) is 62.4 Å². The number of carbonyl (C=O) groups excluding carboxylic acids is 1. The molecule has 2 aromatic heterocycles. The third-order valence-corrected chi connectivity index (χ3v) is 5.67. The van der Waals surface area contributed by atoms with Gasteiger partial charge in [0.05, 0.1) is 0 Å². The molecule has 0 bridgehead atoms. The largest absolute Gasteiger partial charge is 0.454 e. The van der Waals surface area contributed by atoms with Crippen LogP contribution in [0.25, 0.3) is 5.95 Å². The molecular weight excluding hydrogens is 444 g/mol. The average Bonchev–Trinajstić information content (AvgIpc) is 3.52. The molecule has 0 N–H and O–H groups in total. The quantitative estimate of drug-likeness (QED) is 0.490. The average molecular weight is 473 g/mol. The second-order valence-corrected chi connectivity index (χ2v) is 9.44. The zero-order valence-corrected chi connectivity index (χ0v) is 20.0. The molecule has 4 rings (SSSR count). The highest BCUT2D eigenvalue weighted by Gasteiger charge is 2.23. The first-order valence-electron chi connectivity index (χ1n) is 10.7. The fourth-order valence-electron chi connectivity index (χ4n) is 3.26. The van der Waals surface area contributed by atoms with Gasteiger partial charge >= 0.3 is 6.09 Å². The van der Waals surface area contributed by atoms with Gasteiger partial charge in [-0.05, 0) is 44.9 Å². The van der Waals surface area contributed by atoms with Crippen LogP contribution < -0.4 is 14.4 Å². The fourth-order valence-corrected chi connectivity index (χ4v) is 3.91. The SMILES string of the molecule is CN(CCCN(Cc1ccc2c(c1)OCO2)C(=O)OC(C)(C)C)c1nc(-n2ccnc2)ns1. The van der Waals surface area contributed by atoms with Crippen LogP contribution in [0.1, 0.15) is 32.8 Å². The minimum atomic E-state index is -0.572. The van der Waals surface area contributed by atoms with Crippen LogP contribution in [0.15, 0.2) is 36.9 Å². The molecule has 0 fully saturated rings. The van der Waals surface area contributed by atoms with Gasteiger partial charge in [-0.25, -0.2) is 9.78 Å². The van der Waals surface area contributed by atoms with Crippen LogP contribution in [0.3, 0.4) is 0 Å². The summed E-state index contributed by atoms with van der Waals surface area (Å²) < 4.78 is 22.6. The van der Waals surface area contributed by atoms with Crippen molar-refractivity contribution in [3.8, 4) is 17.4 Å². The summed E-state index contributed by atoms with van der Waals surface area (Å²) in [5, 5.41) is 0.804. The topological polar surface area (TPSA) is 94.8 Å². The first-order valence-corrected chi connectivity index (χ1v) is 11.5. The van der Waals surface area contributed by atoms with Gasteiger partial charge in [-0.15, -0.1) is 0 Å². The Labute approximate surface area is 196 Å². The lowest BCUT2D eigenvalue weighted by atomic mass is 10.2. The van der Waals surface area contributed by atoms with Crippen molar-refractivity contribution in [1.82, 2.24) is 23.8 Å². The van der Waals surface area contributed by atoms with Crippen LogP contribution in [0, 0.1) is 0 Å². The number of carbonyl (C=O) groups is 1. The Bertz CT molecular complexity index is 1080. The third kappa shape index (κ3) is 5.92. The van der Waals surface area contributed by atoms with E-state index in [1.807, 2.05) is 50.9 Å². The van der Waals surface area contributed by atoms with Crippen LogP contribution >= 0.6 is 11.5 Å². The van der Waals surface area contributed by atoms with Crippen molar-refractivity contribution in [1.29, 1.82) is 0 Å². The fraction of sp³-hybridized carbons (Fsp3) is 0.455. The molecule has 0 atom stereocenters. The molecule has 0 saturated carbocycles. The Morgan fingerprint density at radius 1 is 1.24 bits per heavy atom. The second-order valence-electron chi connectivity index (χ2n) is 8.71. The van der Waals surface area contributed by atoms with Gasteiger partial charge in [-0.3, -0.25) is 4.57 Å². The van der Waals surface area contributed by atoms with Gasteiger partial charge in [0.2, 0.25) is 17.9 Å². The molecule has 1 aliphatic rings. The van der Waals surface area contributed by atoms with Crippen LogP contribution in [-0.2, 0) is 11.3 Å². The monoisotopic (exact) mass is 472 g/mol. The van der Waals surface area contributed by atoms with E-state index in [0.29, 0.717) is 31.3 Å². The van der Waals surface area contributed by atoms with E-state index in [-0.39, 0.29) is 12.9 Å². The number of nitrogens with zero attached hydrogens (tertiary/aromatic N) is 6. The standard InChI is InChI=1S/C22H28N6O4S/c1-22(2,3)32-21(29)27(13-16-6-7-17-18(12-16)31-15-30-17)10-5-9-26(4)20-24-19(25-33-20)28-11-8-23-14-28/h6-8,11-12,14H,5,9-10,13,15H2,1-4H3. The molecule has 11 heteroatoms. The maximum absolute atomic E-state index is 12.9. The summed E-state index contributed by atoms with van der Waals surface area (Å²) in [4.78, 5) is 25.2. The molecule has 0 aliphatic carbocycles. The number of hydrogen-bond acceptors (Lipinski definition) is 9. The summed E-state index contributed by atoms with van der Waals surface area (Å²) in [5.41, 5.74) is 0.379. The van der Waals surface area contributed by atoms with Crippen LogP contribution in [0.2, 0.25) is 0 Å². The lowest BCUT2D eigenvalue weighted by Gasteiger charge is -2.28. The highest BCUT2D eigenvalue weighted by atomic mass is 32.1. The minimum absolute atomic E-state index is 0.217. The zero-order valence-electron chi connectivity index (χ0n) is 19.2. The summed E-state index contributed by atoms with van der Waals surface area (Å²) in [5.74, 6) is 2.01. The molecule has 3 heterocycles. The van der Waals surface area contributed by atoms with Crippen molar-refractivity contribution in [2.24, 2.45) is 0 Å². The van der Waals surface area contributed by atoms with Crippen LogP contribution in [0.4, 0.5) is 9.93 Å². The van der Waals surface area contributed by atoms with Crippen molar-refractivity contribution in [2.75, 3.05) is 31.8 Å². The van der Waals surface area contributed by atoms with E-state index in [4.69, 9.17) is 14.2 Å². The maximum Gasteiger partial charge on any atom is 0.410 e. The molecule has 0 radical (unpaired) electrons. The van der Waals surface area contributed by atoms with Gasteiger partial charge in [0.25, 0.3) is 0 Å². The molecule has 0 spiro atoms. The number of benzene rings is 1. The second kappa shape index (κ2) is 9.65. The predicted octanol–water partition coefficient (Wildman–Crippen LogP) is 3.72. The normalized spacial score (nSPS) is 12.6. The summed E-state index contributed by atoms with van der Waals surface area (Å²) in [6.45, 7) is 7.47. The number of imidazole rings is 1. The summed E-state index contributed by atoms with van der Waals surface area (Å²) in [6, 6.07) is 5.71. The third-order valence-electron chi connectivity index (χ3n) is 4.85. The maximum atomic E-state index is 12.9. The Morgan fingerprint density at radius 2 is 2.06 bits per heavy atom. The number of rotatable bonds is 8. The predicted molar refractivity (Wildman–Crippen MR) is 124 cm³/mol. The highest BCUT2D eigenvalue weighted by molar-refractivity contribution is 7.09. The molecule has 10 nitrogen and oxygen atoms in total. The molecular formula is C22H28N6O4S. The Morgan fingerprint density at radius 3 is 2.82 bits per heavy atom. The van der Waals surface area contributed by atoms with E-state index in [1.54, 1.807) is 28.2 Å². The molecule has 0 unspecified atom stereocenters. The Hall–Kier alpha value is -3.34.